The SMILES string of the molecule is CC=C(C)c1ccc(C(C)(C)O)nc1. The lowest BCUT2D eigenvalue weighted by molar-refractivity contribution is 0.0738. The van der Waals surface area contributed by atoms with E-state index in [0.29, 0.717) is 5.69 Å². The number of nitrogens with zero attached hydrogens (tertiary/aromatic N) is 1. The van der Waals surface area contributed by atoms with E-state index in [-0.39, 0.29) is 0 Å². The third-order valence-electron chi connectivity index (χ3n) is 2.28. The Labute approximate surface area is 85.3 Å². The second kappa shape index (κ2) is 3.93. The highest BCUT2D eigenvalue weighted by molar-refractivity contribution is 5.62. The summed E-state index contributed by atoms with van der Waals surface area (Å²) >= 11 is 0. The maximum absolute atomic E-state index is 9.70. The molecular weight excluding hydrogens is 174 g/mol. The van der Waals surface area contributed by atoms with Crippen LogP contribution >= 0.6 is 0 Å². The summed E-state index contributed by atoms with van der Waals surface area (Å²) in [5.74, 6) is 0. The number of pyridine rings is 1. The lowest BCUT2D eigenvalue weighted by atomic mass is 10.0. The molecule has 0 atom stereocenters. The Morgan fingerprint density at radius 1 is 1.43 bits per heavy atom. The first-order valence-corrected chi connectivity index (χ1v) is 4.77. The van der Waals surface area contributed by atoms with Crippen LogP contribution in [0.1, 0.15) is 39.0 Å². The molecule has 2 heteroatoms. The Kier molecular flexibility index (Phi) is 3.06. The van der Waals surface area contributed by atoms with Gasteiger partial charge >= 0.3 is 0 Å². The molecule has 14 heavy (non-hydrogen) atoms. The van der Waals surface area contributed by atoms with Gasteiger partial charge in [-0.25, -0.2) is 0 Å². The molecule has 0 unspecified atom stereocenters. The monoisotopic (exact) mass is 191 g/mol. The lowest BCUT2D eigenvalue weighted by Crippen LogP contribution is -2.17. The van der Waals surface area contributed by atoms with E-state index < -0.39 is 5.60 Å². The molecule has 0 aliphatic rings. The predicted octanol–water partition coefficient (Wildman–Crippen LogP) is 2.73. The zero-order chi connectivity index (χ0) is 10.8. The van der Waals surface area contributed by atoms with Crippen molar-refractivity contribution in [3.63, 3.8) is 0 Å². The highest BCUT2D eigenvalue weighted by Gasteiger charge is 2.16. The van der Waals surface area contributed by atoms with Crippen molar-refractivity contribution in [3.8, 4) is 0 Å². The Morgan fingerprint density at radius 3 is 2.43 bits per heavy atom. The van der Waals surface area contributed by atoms with Crippen molar-refractivity contribution in [1.29, 1.82) is 0 Å². The molecule has 0 bridgehead atoms. The summed E-state index contributed by atoms with van der Waals surface area (Å²) in [6, 6.07) is 3.85. The molecule has 0 aromatic carbocycles. The number of aromatic nitrogens is 1. The second-order valence-corrected chi connectivity index (χ2v) is 3.96. The average molecular weight is 191 g/mol. The molecule has 0 aliphatic heterocycles. The Bertz CT molecular complexity index is 330. The molecule has 0 saturated heterocycles. The normalized spacial score (nSPS) is 13.1. The van der Waals surface area contributed by atoms with Gasteiger partial charge in [0.2, 0.25) is 0 Å². The zero-order valence-electron chi connectivity index (χ0n) is 9.20. The van der Waals surface area contributed by atoms with Gasteiger partial charge < -0.3 is 5.11 Å². The van der Waals surface area contributed by atoms with Gasteiger partial charge in [-0.3, -0.25) is 4.98 Å². The highest BCUT2D eigenvalue weighted by atomic mass is 16.3. The number of aliphatic hydroxyl groups is 1. The average Bonchev–Trinajstić information content (AvgIpc) is 2.15. The molecular formula is C12H17NO. The second-order valence-electron chi connectivity index (χ2n) is 3.96. The number of rotatable bonds is 2. The summed E-state index contributed by atoms with van der Waals surface area (Å²) in [6.45, 7) is 7.51. The standard InChI is InChI=1S/C12H17NO/c1-5-9(2)10-6-7-11(13-8-10)12(3,4)14/h5-8,14H,1-4H3. The van der Waals surface area contributed by atoms with Gasteiger partial charge in [0.15, 0.2) is 0 Å². The van der Waals surface area contributed by atoms with Crippen LogP contribution in [0.4, 0.5) is 0 Å². The fourth-order valence-electron chi connectivity index (χ4n) is 1.16. The van der Waals surface area contributed by atoms with Gasteiger partial charge in [0.05, 0.1) is 5.69 Å². The highest BCUT2D eigenvalue weighted by Crippen LogP contribution is 2.19. The van der Waals surface area contributed by atoms with Crippen LogP contribution in [0.5, 0.6) is 0 Å². The van der Waals surface area contributed by atoms with E-state index in [2.05, 4.69) is 4.98 Å². The summed E-state index contributed by atoms with van der Waals surface area (Å²) in [7, 11) is 0. The van der Waals surface area contributed by atoms with Crippen LogP contribution < -0.4 is 0 Å². The van der Waals surface area contributed by atoms with Crippen LogP contribution in [0.15, 0.2) is 24.4 Å². The topological polar surface area (TPSA) is 33.1 Å². The van der Waals surface area contributed by atoms with Crippen molar-refractivity contribution in [3.05, 3.63) is 35.7 Å². The summed E-state index contributed by atoms with van der Waals surface area (Å²) in [5, 5.41) is 9.70. The fourth-order valence-corrected chi connectivity index (χ4v) is 1.16. The molecule has 76 valence electrons. The van der Waals surface area contributed by atoms with Crippen LogP contribution in [0.3, 0.4) is 0 Å². The van der Waals surface area contributed by atoms with E-state index >= 15 is 0 Å². The zero-order valence-corrected chi connectivity index (χ0v) is 9.20. The first kappa shape index (κ1) is 10.9. The van der Waals surface area contributed by atoms with Crippen molar-refractivity contribution in [2.45, 2.75) is 33.3 Å². The molecule has 0 saturated carbocycles. The summed E-state index contributed by atoms with van der Waals surface area (Å²) in [6.07, 6.45) is 3.84. The first-order chi connectivity index (χ1) is 6.45. The molecule has 1 aromatic rings. The van der Waals surface area contributed by atoms with E-state index in [9.17, 15) is 5.11 Å². The summed E-state index contributed by atoms with van der Waals surface area (Å²) < 4.78 is 0. The minimum absolute atomic E-state index is 0.699. The van der Waals surface area contributed by atoms with E-state index in [0.717, 1.165) is 5.56 Å². The van der Waals surface area contributed by atoms with Gasteiger partial charge in [-0.15, -0.1) is 0 Å². The molecule has 0 spiro atoms. The third-order valence-corrected chi connectivity index (χ3v) is 2.28. The Balaban J connectivity index is 3.01. The van der Waals surface area contributed by atoms with Crippen LogP contribution in [-0.4, -0.2) is 10.1 Å². The Hall–Kier alpha value is -1.15. The van der Waals surface area contributed by atoms with Crippen LogP contribution in [0.2, 0.25) is 0 Å². The van der Waals surface area contributed by atoms with Crippen molar-refractivity contribution in [2.24, 2.45) is 0 Å². The smallest absolute Gasteiger partial charge is 0.101 e. The quantitative estimate of drug-likeness (QED) is 0.779. The van der Waals surface area contributed by atoms with Gasteiger partial charge in [0.25, 0.3) is 0 Å². The molecule has 1 heterocycles. The molecule has 2 nitrogen and oxygen atoms in total. The third kappa shape index (κ3) is 2.42. The number of allylic oxidation sites excluding steroid dienone is 2. The van der Waals surface area contributed by atoms with Crippen LogP contribution in [0.25, 0.3) is 5.57 Å². The van der Waals surface area contributed by atoms with Crippen molar-refractivity contribution >= 4 is 5.57 Å². The molecule has 1 N–H and O–H groups in total. The summed E-state index contributed by atoms with van der Waals surface area (Å²) in [5.41, 5.74) is 2.13. The van der Waals surface area contributed by atoms with Gasteiger partial charge in [-0.05, 0) is 44.9 Å². The molecule has 1 aromatic heterocycles. The van der Waals surface area contributed by atoms with Gasteiger partial charge in [-0.2, -0.15) is 0 Å². The molecule has 0 fully saturated rings. The first-order valence-electron chi connectivity index (χ1n) is 4.77. The van der Waals surface area contributed by atoms with Gasteiger partial charge in [0.1, 0.15) is 5.60 Å². The molecule has 0 radical (unpaired) electrons. The molecule has 1 rings (SSSR count). The van der Waals surface area contributed by atoms with E-state index in [4.69, 9.17) is 0 Å². The predicted molar refractivity (Wildman–Crippen MR) is 58.8 cm³/mol. The van der Waals surface area contributed by atoms with Crippen molar-refractivity contribution in [2.75, 3.05) is 0 Å². The fraction of sp³-hybridized carbons (Fsp3) is 0.417. The minimum atomic E-state index is -0.859. The Morgan fingerprint density at radius 2 is 2.07 bits per heavy atom. The maximum atomic E-state index is 9.70. The van der Waals surface area contributed by atoms with E-state index in [1.54, 1.807) is 20.0 Å². The summed E-state index contributed by atoms with van der Waals surface area (Å²) in [4.78, 5) is 4.23. The van der Waals surface area contributed by atoms with Crippen molar-refractivity contribution in [1.82, 2.24) is 4.98 Å². The number of hydrogen-bond donors (Lipinski definition) is 1. The lowest BCUT2D eigenvalue weighted by Gasteiger charge is -2.16. The van der Waals surface area contributed by atoms with E-state index in [1.165, 1.54) is 5.57 Å². The maximum Gasteiger partial charge on any atom is 0.101 e. The van der Waals surface area contributed by atoms with Gasteiger partial charge in [0, 0.05) is 6.20 Å². The van der Waals surface area contributed by atoms with Crippen molar-refractivity contribution < 1.29 is 5.11 Å². The largest absolute Gasteiger partial charge is 0.384 e. The minimum Gasteiger partial charge on any atom is -0.384 e. The molecule has 0 aliphatic carbocycles. The van der Waals surface area contributed by atoms with Crippen LogP contribution in [-0.2, 0) is 5.60 Å². The van der Waals surface area contributed by atoms with Crippen LogP contribution in [0, 0.1) is 0 Å². The van der Waals surface area contributed by atoms with E-state index in [1.807, 2.05) is 32.1 Å². The molecule has 0 amide bonds. The van der Waals surface area contributed by atoms with Gasteiger partial charge in [-0.1, -0.05) is 12.1 Å². The number of hydrogen-bond acceptors (Lipinski definition) is 2.